The Hall–Kier alpha value is -2.22. The lowest BCUT2D eigenvalue weighted by Gasteiger charge is -2.36. The van der Waals surface area contributed by atoms with Gasteiger partial charge in [0.05, 0.1) is 17.5 Å². The summed E-state index contributed by atoms with van der Waals surface area (Å²) in [6, 6.07) is 0. The van der Waals surface area contributed by atoms with E-state index in [1.54, 1.807) is 11.0 Å². The van der Waals surface area contributed by atoms with E-state index in [2.05, 4.69) is 25.3 Å². The monoisotopic (exact) mass is 315 g/mol. The standard InChI is InChI=1S/C15H21N7O/c1-20-13-12(9-19-20)14(18-10-17-13)21-4-6-22(7-5-21)15(23)11-2-3-16-8-11/h9-11,16H,2-8H2,1H3. The zero-order valence-corrected chi connectivity index (χ0v) is 13.3. The Labute approximate surface area is 134 Å². The minimum absolute atomic E-state index is 0.158. The zero-order valence-electron chi connectivity index (χ0n) is 13.3. The molecule has 0 radical (unpaired) electrons. The molecule has 4 heterocycles. The van der Waals surface area contributed by atoms with E-state index in [-0.39, 0.29) is 5.92 Å². The minimum Gasteiger partial charge on any atom is -0.352 e. The number of anilines is 1. The first-order valence-corrected chi connectivity index (χ1v) is 8.11. The maximum atomic E-state index is 12.5. The second-order valence-electron chi connectivity index (χ2n) is 6.20. The highest BCUT2D eigenvalue weighted by atomic mass is 16.2. The van der Waals surface area contributed by atoms with E-state index >= 15 is 0 Å². The number of fused-ring (bicyclic) bond motifs is 1. The highest BCUT2D eigenvalue weighted by molar-refractivity contribution is 5.87. The predicted octanol–water partition coefficient (Wildman–Crippen LogP) is -0.379. The van der Waals surface area contributed by atoms with E-state index in [9.17, 15) is 4.79 Å². The molecule has 1 atom stereocenters. The number of aryl methyl sites for hydroxylation is 1. The molecule has 2 aromatic heterocycles. The van der Waals surface area contributed by atoms with Crippen molar-refractivity contribution in [1.29, 1.82) is 0 Å². The number of amides is 1. The molecule has 122 valence electrons. The molecular formula is C15H21N7O. The third-order valence-electron chi connectivity index (χ3n) is 4.81. The Bertz CT molecular complexity index is 714. The molecule has 2 aliphatic heterocycles. The number of carbonyl (C=O) groups excluding carboxylic acids is 1. The van der Waals surface area contributed by atoms with Crippen molar-refractivity contribution in [2.24, 2.45) is 13.0 Å². The van der Waals surface area contributed by atoms with E-state index in [1.165, 1.54) is 0 Å². The number of hydrogen-bond donors (Lipinski definition) is 1. The fraction of sp³-hybridized carbons (Fsp3) is 0.600. The van der Waals surface area contributed by atoms with Gasteiger partial charge in [-0.3, -0.25) is 9.48 Å². The molecule has 1 unspecified atom stereocenters. The van der Waals surface area contributed by atoms with Crippen molar-refractivity contribution < 1.29 is 4.79 Å². The molecule has 0 spiro atoms. The Morgan fingerprint density at radius 2 is 2.09 bits per heavy atom. The lowest BCUT2D eigenvalue weighted by molar-refractivity contribution is -0.135. The Morgan fingerprint density at radius 3 is 2.83 bits per heavy atom. The van der Waals surface area contributed by atoms with Gasteiger partial charge in [-0.1, -0.05) is 0 Å². The van der Waals surface area contributed by atoms with Crippen molar-refractivity contribution in [1.82, 2.24) is 30.0 Å². The summed E-state index contributed by atoms with van der Waals surface area (Å²) in [7, 11) is 1.88. The molecule has 1 N–H and O–H groups in total. The van der Waals surface area contributed by atoms with Gasteiger partial charge in [0.2, 0.25) is 5.91 Å². The van der Waals surface area contributed by atoms with Crippen molar-refractivity contribution in [3.8, 4) is 0 Å². The Morgan fingerprint density at radius 1 is 1.26 bits per heavy atom. The van der Waals surface area contributed by atoms with Gasteiger partial charge in [0.1, 0.15) is 12.1 Å². The maximum absolute atomic E-state index is 12.5. The lowest BCUT2D eigenvalue weighted by Crippen LogP contribution is -2.51. The summed E-state index contributed by atoms with van der Waals surface area (Å²) in [6.45, 7) is 4.87. The first kappa shape index (κ1) is 14.4. The molecular weight excluding hydrogens is 294 g/mol. The summed E-state index contributed by atoms with van der Waals surface area (Å²) < 4.78 is 1.76. The van der Waals surface area contributed by atoms with Gasteiger partial charge >= 0.3 is 0 Å². The number of carbonyl (C=O) groups is 1. The van der Waals surface area contributed by atoms with Crippen LogP contribution in [0.2, 0.25) is 0 Å². The molecule has 0 aliphatic carbocycles. The SMILES string of the molecule is Cn1ncc2c(N3CCN(C(=O)C4CCNC4)CC3)ncnc21. The topological polar surface area (TPSA) is 79.2 Å². The molecule has 0 saturated carbocycles. The normalized spacial score (nSPS) is 22.0. The molecule has 8 heteroatoms. The number of nitrogens with zero attached hydrogens (tertiary/aromatic N) is 6. The third kappa shape index (κ3) is 2.52. The Balaban J connectivity index is 1.47. The van der Waals surface area contributed by atoms with Crippen molar-refractivity contribution in [2.45, 2.75) is 6.42 Å². The van der Waals surface area contributed by atoms with Gasteiger partial charge in [-0.15, -0.1) is 0 Å². The van der Waals surface area contributed by atoms with Crippen molar-refractivity contribution in [3.05, 3.63) is 12.5 Å². The zero-order chi connectivity index (χ0) is 15.8. The van der Waals surface area contributed by atoms with Gasteiger partial charge in [0.15, 0.2) is 5.65 Å². The van der Waals surface area contributed by atoms with Crippen LogP contribution in [0.15, 0.2) is 12.5 Å². The summed E-state index contributed by atoms with van der Waals surface area (Å²) >= 11 is 0. The van der Waals surface area contributed by atoms with Crippen molar-refractivity contribution >= 4 is 22.8 Å². The van der Waals surface area contributed by atoms with Crippen molar-refractivity contribution in [3.63, 3.8) is 0 Å². The van der Waals surface area contributed by atoms with Crippen molar-refractivity contribution in [2.75, 3.05) is 44.2 Å². The highest BCUT2D eigenvalue weighted by Gasteiger charge is 2.30. The van der Waals surface area contributed by atoms with Crippen LogP contribution in [0.1, 0.15) is 6.42 Å². The van der Waals surface area contributed by atoms with Crippen LogP contribution in [0, 0.1) is 5.92 Å². The first-order chi connectivity index (χ1) is 11.2. The van der Waals surface area contributed by atoms with Crippen LogP contribution in [0.25, 0.3) is 11.0 Å². The summed E-state index contributed by atoms with van der Waals surface area (Å²) in [5, 5.41) is 8.50. The van der Waals surface area contributed by atoms with Crippen LogP contribution in [0.3, 0.4) is 0 Å². The van der Waals surface area contributed by atoms with E-state index < -0.39 is 0 Å². The van der Waals surface area contributed by atoms with E-state index in [1.807, 2.05) is 18.1 Å². The van der Waals surface area contributed by atoms with Crippen LogP contribution in [0.4, 0.5) is 5.82 Å². The molecule has 2 fully saturated rings. The fourth-order valence-electron chi connectivity index (χ4n) is 3.46. The lowest BCUT2D eigenvalue weighted by atomic mass is 10.1. The van der Waals surface area contributed by atoms with E-state index in [4.69, 9.17) is 0 Å². The first-order valence-electron chi connectivity index (χ1n) is 8.11. The van der Waals surface area contributed by atoms with Crippen LogP contribution in [0.5, 0.6) is 0 Å². The number of piperazine rings is 1. The highest BCUT2D eigenvalue weighted by Crippen LogP contribution is 2.23. The average molecular weight is 315 g/mol. The van der Waals surface area contributed by atoms with Crippen LogP contribution >= 0.6 is 0 Å². The smallest absolute Gasteiger partial charge is 0.227 e. The Kier molecular flexibility index (Phi) is 3.60. The number of nitrogens with one attached hydrogen (secondary N) is 1. The maximum Gasteiger partial charge on any atom is 0.227 e. The van der Waals surface area contributed by atoms with Crippen LogP contribution < -0.4 is 10.2 Å². The second-order valence-corrected chi connectivity index (χ2v) is 6.20. The molecule has 1 amide bonds. The quantitative estimate of drug-likeness (QED) is 0.814. The number of aromatic nitrogens is 4. The fourth-order valence-corrected chi connectivity index (χ4v) is 3.46. The average Bonchev–Trinajstić information content (AvgIpc) is 3.25. The van der Waals surface area contributed by atoms with Crippen LogP contribution in [-0.2, 0) is 11.8 Å². The molecule has 8 nitrogen and oxygen atoms in total. The largest absolute Gasteiger partial charge is 0.352 e. The van der Waals surface area contributed by atoms with Gasteiger partial charge < -0.3 is 15.1 Å². The molecule has 4 rings (SSSR count). The number of hydrogen-bond acceptors (Lipinski definition) is 6. The summed E-state index contributed by atoms with van der Waals surface area (Å²) in [6.07, 6.45) is 4.36. The predicted molar refractivity (Wildman–Crippen MR) is 86.1 cm³/mol. The van der Waals surface area contributed by atoms with Gasteiger partial charge in [0.25, 0.3) is 0 Å². The number of rotatable bonds is 2. The molecule has 0 aromatic carbocycles. The van der Waals surface area contributed by atoms with Crippen LogP contribution in [-0.4, -0.2) is 69.8 Å². The van der Waals surface area contributed by atoms with Gasteiger partial charge in [0, 0.05) is 39.8 Å². The molecule has 0 bridgehead atoms. The van der Waals surface area contributed by atoms with Gasteiger partial charge in [-0.2, -0.15) is 5.10 Å². The van der Waals surface area contributed by atoms with Gasteiger partial charge in [-0.25, -0.2) is 9.97 Å². The minimum atomic E-state index is 0.158. The molecule has 2 aliphatic rings. The summed E-state index contributed by atoms with van der Waals surface area (Å²) in [4.78, 5) is 25.4. The molecule has 2 aromatic rings. The summed E-state index contributed by atoms with van der Waals surface area (Å²) in [5.41, 5.74) is 0.838. The van der Waals surface area contributed by atoms with Gasteiger partial charge in [-0.05, 0) is 13.0 Å². The van der Waals surface area contributed by atoms with E-state index in [0.29, 0.717) is 5.91 Å². The summed E-state index contributed by atoms with van der Waals surface area (Å²) in [5.74, 6) is 1.37. The molecule has 23 heavy (non-hydrogen) atoms. The second kappa shape index (κ2) is 5.77. The third-order valence-corrected chi connectivity index (χ3v) is 4.81. The molecule has 2 saturated heterocycles. The van der Waals surface area contributed by atoms with E-state index in [0.717, 1.165) is 62.5 Å².